The van der Waals surface area contributed by atoms with Gasteiger partial charge in [-0.1, -0.05) is 23.2 Å². The molecule has 0 aliphatic rings. The molecule has 2 aromatic heterocycles. The molecule has 0 saturated carbocycles. The third-order valence-electron chi connectivity index (χ3n) is 6.29. The highest BCUT2D eigenvalue weighted by molar-refractivity contribution is 7.20. The van der Waals surface area contributed by atoms with Crippen molar-refractivity contribution in [2.45, 2.75) is 27.3 Å². The molecule has 0 spiro atoms. The lowest BCUT2D eigenvalue weighted by molar-refractivity contribution is -0.116. The van der Waals surface area contributed by atoms with Crippen LogP contribution in [0.1, 0.15) is 29.1 Å². The number of thiophene rings is 1. The maximum atomic E-state index is 13.8. The first-order chi connectivity index (χ1) is 18.6. The Morgan fingerprint density at radius 2 is 1.69 bits per heavy atom. The second-order valence-electron chi connectivity index (χ2n) is 8.60. The number of amides is 2. The van der Waals surface area contributed by atoms with Crippen LogP contribution in [0.2, 0.25) is 10.0 Å². The number of hydrogen-bond donors (Lipinski definition) is 1. The van der Waals surface area contributed by atoms with Crippen LogP contribution in [0, 0.1) is 6.92 Å². The zero-order chi connectivity index (χ0) is 28.4. The standard InChI is InChI=1S/C27H26Cl2N4O5S/c1-5-31(6-2)25(36)23-15(3)22-24(35)33(17-9-12-19(28)20(29)13-17)27(37)32(26(22)39-23)14-21(34)30-16-7-10-18(38-4)11-8-16/h7-13H,5-6,14H2,1-4H3,(H,30,34). The van der Waals surface area contributed by atoms with E-state index in [-0.39, 0.29) is 31.9 Å². The van der Waals surface area contributed by atoms with Crippen molar-refractivity contribution in [3.8, 4) is 11.4 Å². The van der Waals surface area contributed by atoms with Crippen LogP contribution >= 0.6 is 34.5 Å². The average molecular weight is 590 g/mol. The van der Waals surface area contributed by atoms with Gasteiger partial charge in [0.25, 0.3) is 11.5 Å². The quantitative estimate of drug-likeness (QED) is 0.313. The molecule has 0 saturated heterocycles. The number of hydrogen-bond acceptors (Lipinski definition) is 6. The van der Waals surface area contributed by atoms with Crippen molar-refractivity contribution in [2.24, 2.45) is 0 Å². The van der Waals surface area contributed by atoms with Crippen molar-refractivity contribution in [3.05, 3.63) is 83.8 Å². The van der Waals surface area contributed by atoms with E-state index in [2.05, 4.69) is 5.32 Å². The largest absolute Gasteiger partial charge is 0.497 e. The van der Waals surface area contributed by atoms with E-state index in [1.54, 1.807) is 36.1 Å². The topological polar surface area (TPSA) is 103 Å². The van der Waals surface area contributed by atoms with Crippen LogP contribution in [-0.4, -0.2) is 46.0 Å². The first-order valence-corrected chi connectivity index (χ1v) is 13.7. The van der Waals surface area contributed by atoms with Crippen LogP contribution in [0.4, 0.5) is 5.69 Å². The Morgan fingerprint density at radius 3 is 2.28 bits per heavy atom. The summed E-state index contributed by atoms with van der Waals surface area (Å²) in [5.41, 5.74) is -0.239. The molecule has 0 aliphatic heterocycles. The van der Waals surface area contributed by atoms with Crippen molar-refractivity contribution < 1.29 is 14.3 Å². The summed E-state index contributed by atoms with van der Waals surface area (Å²) in [6.07, 6.45) is 0. The average Bonchev–Trinajstić information content (AvgIpc) is 3.26. The summed E-state index contributed by atoms with van der Waals surface area (Å²) in [7, 11) is 1.54. The normalized spacial score (nSPS) is 11.0. The Bertz CT molecular complexity index is 1690. The molecule has 0 fully saturated rings. The molecule has 12 heteroatoms. The van der Waals surface area contributed by atoms with Crippen molar-refractivity contribution in [1.82, 2.24) is 14.0 Å². The Labute approximate surface area is 238 Å². The molecule has 0 unspecified atom stereocenters. The van der Waals surface area contributed by atoms with Gasteiger partial charge in [-0.05, 0) is 68.8 Å². The van der Waals surface area contributed by atoms with E-state index in [1.807, 2.05) is 13.8 Å². The summed E-state index contributed by atoms with van der Waals surface area (Å²) in [5, 5.41) is 3.35. The Morgan fingerprint density at radius 1 is 1.03 bits per heavy atom. The minimum Gasteiger partial charge on any atom is -0.497 e. The van der Waals surface area contributed by atoms with Gasteiger partial charge in [0.1, 0.15) is 17.1 Å². The van der Waals surface area contributed by atoms with E-state index in [4.69, 9.17) is 27.9 Å². The fourth-order valence-corrected chi connectivity index (χ4v) is 5.77. The minimum absolute atomic E-state index is 0.156. The van der Waals surface area contributed by atoms with Gasteiger partial charge in [-0.2, -0.15) is 0 Å². The van der Waals surface area contributed by atoms with Crippen molar-refractivity contribution >= 4 is 62.3 Å². The lowest BCUT2D eigenvalue weighted by atomic mass is 10.2. The van der Waals surface area contributed by atoms with E-state index in [0.29, 0.717) is 35.0 Å². The van der Waals surface area contributed by atoms with Gasteiger partial charge in [0.05, 0.1) is 33.1 Å². The monoisotopic (exact) mass is 588 g/mol. The summed E-state index contributed by atoms with van der Waals surface area (Å²) in [6.45, 7) is 5.95. The molecule has 2 amide bonds. The summed E-state index contributed by atoms with van der Waals surface area (Å²) < 4.78 is 7.29. The second kappa shape index (κ2) is 11.6. The van der Waals surface area contributed by atoms with Gasteiger partial charge >= 0.3 is 5.69 Å². The first kappa shape index (κ1) is 28.4. The van der Waals surface area contributed by atoms with Gasteiger partial charge in [0.15, 0.2) is 0 Å². The maximum absolute atomic E-state index is 13.8. The van der Waals surface area contributed by atoms with Crippen LogP contribution in [0.5, 0.6) is 5.75 Å². The molecule has 1 N–H and O–H groups in total. The molecule has 4 rings (SSSR count). The van der Waals surface area contributed by atoms with E-state index in [1.165, 1.54) is 29.9 Å². The number of methoxy groups -OCH3 is 1. The first-order valence-electron chi connectivity index (χ1n) is 12.1. The number of fused-ring (bicyclic) bond motifs is 1. The number of carbonyl (C=O) groups excluding carboxylic acids is 2. The zero-order valence-electron chi connectivity index (χ0n) is 21.7. The number of nitrogens with one attached hydrogen (secondary N) is 1. The second-order valence-corrected chi connectivity index (χ2v) is 10.4. The van der Waals surface area contributed by atoms with E-state index in [9.17, 15) is 19.2 Å². The Kier molecular flexibility index (Phi) is 8.48. The molecule has 9 nitrogen and oxygen atoms in total. The molecule has 0 bridgehead atoms. The predicted octanol–water partition coefficient (Wildman–Crippen LogP) is 4.96. The summed E-state index contributed by atoms with van der Waals surface area (Å²) >= 11 is 13.3. The fraction of sp³-hybridized carbons (Fsp3) is 0.259. The van der Waals surface area contributed by atoms with Gasteiger partial charge in [-0.3, -0.25) is 19.0 Å². The number of anilines is 1. The van der Waals surface area contributed by atoms with E-state index < -0.39 is 23.7 Å². The smallest absolute Gasteiger partial charge is 0.337 e. The lowest BCUT2D eigenvalue weighted by Crippen LogP contribution is -2.40. The van der Waals surface area contributed by atoms with Crippen molar-refractivity contribution in [3.63, 3.8) is 0 Å². The Balaban J connectivity index is 1.91. The lowest BCUT2D eigenvalue weighted by Gasteiger charge is -2.17. The molecule has 2 heterocycles. The van der Waals surface area contributed by atoms with Crippen molar-refractivity contribution in [2.75, 3.05) is 25.5 Å². The van der Waals surface area contributed by atoms with Gasteiger partial charge in [-0.25, -0.2) is 9.36 Å². The SMILES string of the molecule is CCN(CC)C(=O)c1sc2c(c1C)c(=O)n(-c1ccc(Cl)c(Cl)c1)c(=O)n2CC(=O)Nc1ccc(OC)cc1. The number of carbonyl (C=O) groups is 2. The fourth-order valence-electron chi connectivity index (χ4n) is 4.21. The van der Waals surface area contributed by atoms with Crippen LogP contribution in [0.25, 0.3) is 15.9 Å². The summed E-state index contributed by atoms with van der Waals surface area (Å²) in [5.74, 6) is -0.120. The molecular weight excluding hydrogens is 563 g/mol. The molecule has 204 valence electrons. The maximum Gasteiger partial charge on any atom is 0.337 e. The number of rotatable bonds is 8. The third kappa shape index (κ3) is 5.45. The molecule has 39 heavy (non-hydrogen) atoms. The summed E-state index contributed by atoms with van der Waals surface area (Å²) in [6, 6.07) is 11.1. The highest BCUT2D eigenvalue weighted by Crippen LogP contribution is 2.30. The van der Waals surface area contributed by atoms with Gasteiger partial charge < -0.3 is 15.0 Å². The molecule has 0 aliphatic carbocycles. The van der Waals surface area contributed by atoms with Crippen LogP contribution in [-0.2, 0) is 11.3 Å². The van der Waals surface area contributed by atoms with Crippen LogP contribution in [0.15, 0.2) is 52.1 Å². The number of ether oxygens (including phenoxy) is 1. The highest BCUT2D eigenvalue weighted by Gasteiger charge is 2.26. The number of halogens is 2. The minimum atomic E-state index is -0.751. The number of nitrogens with zero attached hydrogens (tertiary/aromatic N) is 3. The number of aromatic nitrogens is 2. The van der Waals surface area contributed by atoms with E-state index >= 15 is 0 Å². The molecular formula is C27H26Cl2N4O5S. The molecule has 2 aromatic carbocycles. The molecule has 0 atom stereocenters. The third-order valence-corrected chi connectivity index (χ3v) is 8.34. The molecule has 0 radical (unpaired) electrons. The Hall–Kier alpha value is -3.60. The number of aryl methyl sites for hydroxylation is 1. The van der Waals surface area contributed by atoms with Gasteiger partial charge in [0.2, 0.25) is 5.91 Å². The van der Waals surface area contributed by atoms with Gasteiger partial charge in [0, 0.05) is 18.8 Å². The zero-order valence-corrected chi connectivity index (χ0v) is 24.0. The summed E-state index contributed by atoms with van der Waals surface area (Å²) in [4.78, 5) is 56.1. The van der Waals surface area contributed by atoms with Crippen LogP contribution < -0.4 is 21.3 Å². The highest BCUT2D eigenvalue weighted by atomic mass is 35.5. The number of benzene rings is 2. The van der Waals surface area contributed by atoms with Crippen LogP contribution in [0.3, 0.4) is 0 Å². The van der Waals surface area contributed by atoms with Crippen molar-refractivity contribution in [1.29, 1.82) is 0 Å². The van der Waals surface area contributed by atoms with Gasteiger partial charge in [-0.15, -0.1) is 11.3 Å². The molecule has 4 aromatic rings. The van der Waals surface area contributed by atoms with E-state index in [0.717, 1.165) is 15.9 Å². The predicted molar refractivity (Wildman–Crippen MR) is 155 cm³/mol.